The van der Waals surface area contributed by atoms with Gasteiger partial charge in [-0.1, -0.05) is 106 Å². The minimum atomic E-state index is -2.83. The van der Waals surface area contributed by atoms with E-state index in [-0.39, 0.29) is 60.1 Å². The van der Waals surface area contributed by atoms with Gasteiger partial charge in [0.05, 0.1) is 12.1 Å². The molecule has 0 radical (unpaired) electrons. The van der Waals surface area contributed by atoms with Crippen molar-refractivity contribution in [3.63, 3.8) is 0 Å². The molecule has 1 saturated heterocycles. The number of hydrogen-bond acceptors (Lipinski definition) is 10. The molecule has 0 aromatic heterocycles. The number of nitrogens with two attached hydrogens (primary N) is 1. The molecular weight excluding hydrogens is 851 g/mol. The summed E-state index contributed by atoms with van der Waals surface area (Å²) in [5.74, 6) is -2.81. The van der Waals surface area contributed by atoms with Gasteiger partial charge in [0.1, 0.15) is 41.9 Å². The lowest BCUT2D eigenvalue weighted by Gasteiger charge is -2.47. The standard InChI is InChI=1S/C53H63N3O9Si/c1-36-40(47(57)45-42(61-34-37-21-13-10-14-22-37)27-19-28-43(45)62-35-38-23-15-11-16-24-38)29-30-41(46(36)54)49(59)63-53(65-66(8,9)52(5,6)7)31-20-32-56(50(60)64-51(2,3)4)33-44(53)55-48(58)39-25-17-12-18-26-39/h10-19,21-30,44H,20,31-35,54H2,1-9H3,(H,55,58)/t44-,53-/m1/s1. The van der Waals surface area contributed by atoms with Crippen molar-refractivity contribution >= 4 is 37.8 Å². The molecule has 348 valence electrons. The van der Waals surface area contributed by atoms with Crippen LogP contribution in [0.5, 0.6) is 11.5 Å². The van der Waals surface area contributed by atoms with Crippen LogP contribution in [0, 0.1) is 6.92 Å². The summed E-state index contributed by atoms with van der Waals surface area (Å²) < 4.78 is 32.2. The highest BCUT2D eigenvalue weighted by Gasteiger charge is 2.54. The minimum Gasteiger partial charge on any atom is -0.488 e. The zero-order valence-corrected chi connectivity index (χ0v) is 40.6. The molecular formula is C53H63N3O9Si. The Bertz CT molecular complexity index is 2440. The van der Waals surface area contributed by atoms with Crippen molar-refractivity contribution in [2.45, 2.75) is 110 Å². The van der Waals surface area contributed by atoms with Gasteiger partial charge in [-0.25, -0.2) is 9.59 Å². The number of nitrogens with one attached hydrogen (secondary N) is 1. The number of ketones is 1. The van der Waals surface area contributed by atoms with Gasteiger partial charge in [0.15, 0.2) is 8.32 Å². The molecule has 0 unspecified atom stereocenters. The zero-order valence-electron chi connectivity index (χ0n) is 39.6. The highest BCUT2D eigenvalue weighted by molar-refractivity contribution is 6.74. The highest BCUT2D eigenvalue weighted by atomic mass is 28.4. The largest absolute Gasteiger partial charge is 0.488 e. The van der Waals surface area contributed by atoms with Gasteiger partial charge in [-0.15, -0.1) is 0 Å². The molecule has 2 atom stereocenters. The molecule has 0 bridgehead atoms. The van der Waals surface area contributed by atoms with E-state index in [1.54, 1.807) is 76.2 Å². The van der Waals surface area contributed by atoms with Gasteiger partial charge in [-0.05, 0) is 105 Å². The number of ether oxygens (including phenoxy) is 4. The van der Waals surface area contributed by atoms with Gasteiger partial charge in [0.2, 0.25) is 11.6 Å². The number of carbonyl (C=O) groups is 4. The number of benzene rings is 5. The minimum absolute atomic E-state index is 0.00204. The van der Waals surface area contributed by atoms with E-state index in [4.69, 9.17) is 29.1 Å². The Hall–Kier alpha value is -6.44. The molecule has 5 aromatic carbocycles. The van der Waals surface area contributed by atoms with E-state index in [1.165, 1.54) is 11.0 Å². The van der Waals surface area contributed by atoms with Crippen LogP contribution in [0.4, 0.5) is 10.5 Å². The third kappa shape index (κ3) is 11.9. The fourth-order valence-corrected chi connectivity index (χ4v) is 8.87. The molecule has 1 fully saturated rings. The van der Waals surface area contributed by atoms with Crippen LogP contribution in [0.1, 0.15) is 108 Å². The maximum Gasteiger partial charge on any atom is 0.410 e. The molecule has 1 aliphatic rings. The summed E-state index contributed by atoms with van der Waals surface area (Å²) in [6.45, 7) is 17.9. The van der Waals surface area contributed by atoms with Gasteiger partial charge in [0.25, 0.3) is 5.91 Å². The van der Waals surface area contributed by atoms with Crippen molar-refractivity contribution in [1.82, 2.24) is 10.2 Å². The van der Waals surface area contributed by atoms with Crippen molar-refractivity contribution in [3.05, 3.63) is 160 Å². The van der Waals surface area contributed by atoms with Crippen molar-refractivity contribution in [1.29, 1.82) is 0 Å². The topological polar surface area (TPSA) is 156 Å². The summed E-state index contributed by atoms with van der Waals surface area (Å²) >= 11 is 0. The lowest BCUT2D eigenvalue weighted by atomic mass is 9.94. The van der Waals surface area contributed by atoms with Crippen molar-refractivity contribution in [2.24, 2.45) is 0 Å². The summed E-state index contributed by atoms with van der Waals surface area (Å²) in [4.78, 5) is 58.9. The number of esters is 1. The predicted molar refractivity (Wildman–Crippen MR) is 258 cm³/mol. The van der Waals surface area contributed by atoms with Crippen molar-refractivity contribution < 1.29 is 42.6 Å². The molecule has 0 spiro atoms. The number of rotatable bonds is 14. The van der Waals surface area contributed by atoms with Crippen LogP contribution in [-0.2, 0) is 27.1 Å². The summed E-state index contributed by atoms with van der Waals surface area (Å²) in [6, 6.07) is 35.1. The molecule has 6 rings (SSSR count). The monoisotopic (exact) mass is 913 g/mol. The van der Waals surface area contributed by atoms with E-state index in [2.05, 4.69) is 26.1 Å². The first-order chi connectivity index (χ1) is 31.2. The fraction of sp³-hybridized carbons (Fsp3) is 0.358. The van der Waals surface area contributed by atoms with E-state index in [9.17, 15) is 19.2 Å². The first-order valence-electron chi connectivity index (χ1n) is 22.4. The SMILES string of the molecule is Cc1c(C(=O)c2c(OCc3ccccc3)cccc2OCc2ccccc2)ccc(C(=O)O[C@@]2(O[Si](C)(C)C(C)(C)C)CCCN(C(=O)OC(C)(C)C)C[C@H]2NC(=O)c2ccccc2)c1N. The average molecular weight is 914 g/mol. The molecule has 2 amide bonds. The van der Waals surface area contributed by atoms with Crippen LogP contribution < -0.4 is 20.5 Å². The number of nitrogens with zero attached hydrogens (tertiary/aromatic N) is 1. The third-order valence-electron chi connectivity index (χ3n) is 12.0. The Morgan fingerprint density at radius 2 is 1.27 bits per heavy atom. The van der Waals surface area contributed by atoms with Crippen molar-refractivity contribution in [3.8, 4) is 11.5 Å². The van der Waals surface area contributed by atoms with Gasteiger partial charge >= 0.3 is 12.1 Å². The normalized spacial score (nSPS) is 16.7. The molecule has 5 aromatic rings. The molecule has 1 aliphatic heterocycles. The van der Waals surface area contributed by atoms with Gasteiger partial charge in [0, 0.05) is 29.8 Å². The van der Waals surface area contributed by atoms with E-state index in [0.29, 0.717) is 29.0 Å². The molecule has 12 nitrogen and oxygen atoms in total. The summed E-state index contributed by atoms with van der Waals surface area (Å²) in [6.07, 6.45) is -0.0938. The summed E-state index contributed by atoms with van der Waals surface area (Å²) in [7, 11) is -2.83. The number of hydrogen-bond donors (Lipinski definition) is 2. The average Bonchev–Trinajstić information content (AvgIpc) is 3.44. The number of likely N-dealkylation sites (tertiary alicyclic amines) is 1. The number of nitrogen functional groups attached to an aromatic ring is 1. The molecule has 1 heterocycles. The van der Waals surface area contributed by atoms with Gasteiger partial charge in [-0.3, -0.25) is 9.59 Å². The maximum atomic E-state index is 14.8. The smallest absolute Gasteiger partial charge is 0.410 e. The van der Waals surface area contributed by atoms with Crippen LogP contribution in [0.15, 0.2) is 121 Å². The highest BCUT2D eigenvalue weighted by Crippen LogP contribution is 2.43. The summed E-state index contributed by atoms with van der Waals surface area (Å²) in [5.41, 5.74) is 9.06. The number of anilines is 1. The lowest BCUT2D eigenvalue weighted by molar-refractivity contribution is -0.174. The molecule has 13 heteroatoms. The Labute approximate surface area is 389 Å². The van der Waals surface area contributed by atoms with E-state index in [1.807, 2.05) is 79.8 Å². The van der Waals surface area contributed by atoms with Gasteiger partial charge < -0.3 is 39.3 Å². The van der Waals surface area contributed by atoms with Crippen LogP contribution in [0.25, 0.3) is 0 Å². The Balaban J connectivity index is 1.39. The first-order valence-corrected chi connectivity index (χ1v) is 25.3. The second-order valence-electron chi connectivity index (χ2n) is 19.2. The molecule has 66 heavy (non-hydrogen) atoms. The zero-order chi connectivity index (χ0) is 47.9. The molecule has 0 aliphatic carbocycles. The van der Waals surface area contributed by atoms with Crippen LogP contribution in [-0.4, -0.2) is 67.5 Å². The lowest BCUT2D eigenvalue weighted by Crippen LogP contribution is -2.64. The number of amides is 2. The predicted octanol–water partition coefficient (Wildman–Crippen LogP) is 10.7. The second kappa shape index (κ2) is 20.4. The van der Waals surface area contributed by atoms with Gasteiger partial charge in [-0.2, -0.15) is 0 Å². The van der Waals surface area contributed by atoms with Crippen LogP contribution in [0.2, 0.25) is 18.1 Å². The fourth-order valence-electron chi connectivity index (χ4n) is 7.42. The van der Waals surface area contributed by atoms with Crippen LogP contribution >= 0.6 is 0 Å². The third-order valence-corrected chi connectivity index (χ3v) is 16.5. The number of carbonyl (C=O) groups excluding carboxylic acids is 4. The Morgan fingerprint density at radius 3 is 1.80 bits per heavy atom. The van der Waals surface area contributed by atoms with E-state index in [0.717, 1.165) is 11.1 Å². The second-order valence-corrected chi connectivity index (χ2v) is 23.9. The van der Waals surface area contributed by atoms with Crippen molar-refractivity contribution in [2.75, 3.05) is 18.8 Å². The van der Waals surface area contributed by atoms with E-state index < -0.39 is 49.5 Å². The van der Waals surface area contributed by atoms with E-state index >= 15 is 0 Å². The molecule has 3 N–H and O–H groups in total. The first kappa shape index (κ1) is 49.0. The Kier molecular flexibility index (Phi) is 15.1. The quantitative estimate of drug-likeness (QED) is 0.0361. The summed E-state index contributed by atoms with van der Waals surface area (Å²) in [5, 5.41) is 2.74. The molecule has 0 saturated carbocycles. The maximum absolute atomic E-state index is 14.8. The van der Waals surface area contributed by atoms with Crippen LogP contribution in [0.3, 0.4) is 0 Å². The Morgan fingerprint density at radius 1 is 0.742 bits per heavy atom.